The van der Waals surface area contributed by atoms with E-state index < -0.39 is 6.09 Å². The van der Waals surface area contributed by atoms with Crippen LogP contribution < -0.4 is 0 Å². The van der Waals surface area contributed by atoms with Crippen molar-refractivity contribution < 1.29 is 14.4 Å². The number of hydrogen-bond donors (Lipinski definition) is 0. The molecule has 0 atom stereocenters. The number of hydrogen-bond acceptors (Lipinski definition) is 4. The van der Waals surface area contributed by atoms with Crippen LogP contribution in [0.15, 0.2) is 101 Å². The van der Waals surface area contributed by atoms with Crippen LogP contribution in [0.3, 0.4) is 0 Å². The number of aryl methyl sites for hydroxylation is 1. The molecule has 0 radical (unpaired) electrons. The maximum Gasteiger partial charge on any atom is 0.463 e. The number of oxime groups is 1. The number of aromatic nitrogens is 1. The number of nitrogens with zero attached hydrogens (tertiary/aromatic N) is 5. The van der Waals surface area contributed by atoms with E-state index in [1.807, 2.05) is 97.9 Å². The van der Waals surface area contributed by atoms with E-state index in [9.17, 15) is 9.59 Å². The zero-order chi connectivity index (χ0) is 30.0. The Morgan fingerprint density at radius 3 is 1.95 bits per heavy atom. The summed E-state index contributed by atoms with van der Waals surface area (Å²) >= 11 is 6.51. The Bertz CT molecular complexity index is 1860. The molecule has 4 aromatic carbocycles. The van der Waals surface area contributed by atoms with Crippen LogP contribution in [0.2, 0.25) is 0 Å². The minimum absolute atomic E-state index is 0.00976. The molecule has 1 heterocycles. The van der Waals surface area contributed by atoms with Crippen molar-refractivity contribution in [3.63, 3.8) is 0 Å². The van der Waals surface area contributed by atoms with Gasteiger partial charge in [-0.1, -0.05) is 59.2 Å². The summed E-state index contributed by atoms with van der Waals surface area (Å²) in [5, 5.41) is 5.58. The lowest BCUT2D eigenvalue weighted by atomic mass is 9.98. The van der Waals surface area contributed by atoms with Crippen LogP contribution >= 0.6 is 11.6 Å². The SMILES string of the molecule is Cc1ccccc1C(=O)c1ccc2c(c1)c1cc(/C(Cl)=N/OC(=O)N=C(N(C)C)N(C)C)ccc1n2-c1ccccc1. The summed E-state index contributed by atoms with van der Waals surface area (Å²) in [5.41, 5.74) is 5.55. The lowest BCUT2D eigenvalue weighted by Gasteiger charge is -2.21. The Hall–Kier alpha value is -4.95. The first-order chi connectivity index (χ1) is 20.2. The number of carbonyl (C=O) groups excluding carboxylic acids is 2. The number of carbonyl (C=O) groups is 2. The smallest absolute Gasteiger partial charge is 0.348 e. The van der Waals surface area contributed by atoms with Crippen LogP contribution in [-0.4, -0.2) is 65.6 Å². The molecule has 212 valence electrons. The van der Waals surface area contributed by atoms with E-state index in [-0.39, 0.29) is 11.0 Å². The van der Waals surface area contributed by atoms with Crippen LogP contribution in [0.5, 0.6) is 0 Å². The summed E-state index contributed by atoms with van der Waals surface area (Å²) in [6.07, 6.45) is -0.897. The van der Waals surface area contributed by atoms with Crippen LogP contribution in [0.1, 0.15) is 27.0 Å². The molecule has 0 N–H and O–H groups in total. The molecule has 0 aliphatic heterocycles. The van der Waals surface area contributed by atoms with Crippen molar-refractivity contribution in [3.05, 3.63) is 113 Å². The van der Waals surface area contributed by atoms with E-state index in [4.69, 9.17) is 16.4 Å². The molecule has 5 aromatic rings. The molecule has 0 saturated carbocycles. The summed E-state index contributed by atoms with van der Waals surface area (Å²) in [7, 11) is 7.07. The first-order valence-corrected chi connectivity index (χ1v) is 13.7. The van der Waals surface area contributed by atoms with Gasteiger partial charge in [-0.25, -0.2) is 4.79 Å². The summed E-state index contributed by atoms with van der Waals surface area (Å²) in [6, 6.07) is 28.9. The Balaban J connectivity index is 1.60. The summed E-state index contributed by atoms with van der Waals surface area (Å²) in [4.78, 5) is 38.1. The molecule has 5 rings (SSSR count). The van der Waals surface area contributed by atoms with Gasteiger partial charge in [0.25, 0.3) is 0 Å². The third kappa shape index (κ3) is 5.62. The molecule has 9 heteroatoms. The molecule has 0 saturated heterocycles. The van der Waals surface area contributed by atoms with Gasteiger partial charge < -0.3 is 14.4 Å². The van der Waals surface area contributed by atoms with Gasteiger partial charge >= 0.3 is 6.09 Å². The van der Waals surface area contributed by atoms with Crippen molar-refractivity contribution in [2.75, 3.05) is 28.2 Å². The molecule has 0 unspecified atom stereocenters. The molecule has 8 nitrogen and oxygen atoms in total. The molecule has 0 aliphatic carbocycles. The van der Waals surface area contributed by atoms with Gasteiger partial charge in [0.05, 0.1) is 11.0 Å². The number of para-hydroxylation sites is 1. The monoisotopic (exact) mass is 579 g/mol. The summed E-state index contributed by atoms with van der Waals surface area (Å²) in [5.74, 6) is 0.353. The van der Waals surface area contributed by atoms with Crippen LogP contribution in [0.4, 0.5) is 4.79 Å². The van der Waals surface area contributed by atoms with E-state index in [0.29, 0.717) is 22.6 Å². The van der Waals surface area contributed by atoms with Crippen molar-refractivity contribution in [1.29, 1.82) is 0 Å². The highest BCUT2D eigenvalue weighted by Crippen LogP contribution is 2.34. The van der Waals surface area contributed by atoms with Gasteiger partial charge in [0.15, 0.2) is 11.0 Å². The topological polar surface area (TPSA) is 79.5 Å². The third-order valence-corrected chi connectivity index (χ3v) is 7.15. The number of rotatable bonds is 5. The second-order valence-corrected chi connectivity index (χ2v) is 10.6. The second-order valence-electron chi connectivity index (χ2n) is 10.2. The van der Waals surface area contributed by atoms with Gasteiger partial charge in [0.2, 0.25) is 5.96 Å². The molecule has 0 bridgehead atoms. The van der Waals surface area contributed by atoms with Crippen molar-refractivity contribution in [3.8, 4) is 5.69 Å². The average Bonchev–Trinajstić information content (AvgIpc) is 3.31. The molecular weight excluding hydrogens is 550 g/mol. The number of guanidine groups is 1. The molecule has 0 aliphatic rings. The van der Waals surface area contributed by atoms with Crippen molar-refractivity contribution in [2.45, 2.75) is 6.92 Å². The Labute approximate surface area is 249 Å². The Morgan fingerprint density at radius 1 is 0.762 bits per heavy atom. The fraction of sp³-hybridized carbons (Fsp3) is 0.152. The zero-order valence-electron chi connectivity index (χ0n) is 24.0. The normalized spacial score (nSPS) is 11.4. The maximum absolute atomic E-state index is 13.5. The Morgan fingerprint density at radius 2 is 1.33 bits per heavy atom. The lowest BCUT2D eigenvalue weighted by Crippen LogP contribution is -2.36. The maximum atomic E-state index is 13.5. The van der Waals surface area contributed by atoms with Gasteiger partial charge in [0.1, 0.15) is 0 Å². The number of aliphatic imine (C=N–C) groups is 1. The van der Waals surface area contributed by atoms with Gasteiger partial charge in [-0.2, -0.15) is 0 Å². The molecule has 0 spiro atoms. The standard InChI is InChI=1S/C33H30ClN5O3/c1-21-11-9-10-14-25(21)30(40)22-15-17-28-26(19-22)27-20-23(16-18-29(27)39(28)24-12-7-6-8-13-24)31(34)36-42-33(41)35-32(37(2)3)38(4)5/h6-20H,1-5H3/b36-31-. The van der Waals surface area contributed by atoms with Crippen molar-refractivity contribution in [1.82, 2.24) is 14.4 Å². The first kappa shape index (κ1) is 28.6. The van der Waals surface area contributed by atoms with Gasteiger partial charge in [-0.05, 0) is 61.0 Å². The highest BCUT2D eigenvalue weighted by atomic mass is 35.5. The van der Waals surface area contributed by atoms with Crippen LogP contribution in [0, 0.1) is 6.92 Å². The van der Waals surface area contributed by atoms with Crippen molar-refractivity contribution >= 4 is 56.4 Å². The predicted octanol–water partition coefficient (Wildman–Crippen LogP) is 6.84. The van der Waals surface area contributed by atoms with E-state index in [0.717, 1.165) is 33.1 Å². The quantitative estimate of drug-likeness (QED) is 0.0749. The summed E-state index contributed by atoms with van der Waals surface area (Å²) in [6.45, 7) is 1.93. The molecule has 0 fully saturated rings. The molecule has 1 amide bonds. The number of fused-ring (bicyclic) bond motifs is 3. The fourth-order valence-electron chi connectivity index (χ4n) is 4.97. The van der Waals surface area contributed by atoms with E-state index >= 15 is 0 Å². The Kier molecular flexibility index (Phi) is 8.08. The number of ketones is 1. The average molecular weight is 580 g/mol. The second kappa shape index (κ2) is 11.9. The lowest BCUT2D eigenvalue weighted by molar-refractivity contribution is 0.103. The van der Waals surface area contributed by atoms with Gasteiger partial charge in [-0.3, -0.25) is 9.63 Å². The number of benzene rings is 4. The predicted molar refractivity (Wildman–Crippen MR) is 169 cm³/mol. The molecule has 42 heavy (non-hydrogen) atoms. The van der Waals surface area contributed by atoms with Crippen LogP contribution in [0.25, 0.3) is 27.5 Å². The summed E-state index contributed by atoms with van der Waals surface area (Å²) < 4.78 is 2.14. The van der Waals surface area contributed by atoms with Crippen LogP contribution in [-0.2, 0) is 4.84 Å². The van der Waals surface area contributed by atoms with E-state index in [2.05, 4.69) is 14.7 Å². The van der Waals surface area contributed by atoms with E-state index in [1.54, 1.807) is 38.0 Å². The third-order valence-electron chi connectivity index (χ3n) is 6.86. The minimum atomic E-state index is -0.897. The zero-order valence-corrected chi connectivity index (χ0v) is 24.8. The van der Waals surface area contributed by atoms with E-state index in [1.165, 1.54) is 0 Å². The largest absolute Gasteiger partial charge is 0.463 e. The van der Waals surface area contributed by atoms with Gasteiger partial charge in [-0.15, -0.1) is 4.99 Å². The highest BCUT2D eigenvalue weighted by Gasteiger charge is 2.18. The molecular formula is C33H30ClN5O3. The number of halogens is 1. The highest BCUT2D eigenvalue weighted by molar-refractivity contribution is 6.69. The van der Waals surface area contributed by atoms with Crippen molar-refractivity contribution in [2.24, 2.45) is 10.1 Å². The fourth-order valence-corrected chi connectivity index (χ4v) is 5.12. The molecule has 1 aromatic heterocycles. The number of amides is 1. The first-order valence-electron chi connectivity index (χ1n) is 13.3. The minimum Gasteiger partial charge on any atom is -0.348 e. The van der Waals surface area contributed by atoms with Gasteiger partial charge in [0, 0.05) is 61.3 Å².